The minimum atomic E-state index is -0.609. The van der Waals surface area contributed by atoms with E-state index < -0.39 is 6.03 Å². The number of nitrogens with one attached hydrogen (secondary N) is 2. The molecular formula is C11H13N3O2. The van der Waals surface area contributed by atoms with Crippen LogP contribution in [0.5, 0.6) is 0 Å². The fourth-order valence-corrected chi connectivity index (χ4v) is 1.57. The summed E-state index contributed by atoms with van der Waals surface area (Å²) in [5.41, 5.74) is 6.24. The van der Waals surface area contributed by atoms with Gasteiger partial charge < -0.3 is 16.4 Å². The van der Waals surface area contributed by atoms with Gasteiger partial charge in [0.05, 0.1) is 0 Å². The molecule has 0 spiro atoms. The third-order valence-electron chi connectivity index (χ3n) is 2.59. The van der Waals surface area contributed by atoms with E-state index in [0.29, 0.717) is 11.3 Å². The summed E-state index contributed by atoms with van der Waals surface area (Å²) in [6.07, 6.45) is 0. The molecule has 0 bridgehead atoms. The average Bonchev–Trinajstić information content (AvgIpc) is 2.15. The first kappa shape index (κ1) is 10.6. The number of rotatable bonds is 3. The van der Waals surface area contributed by atoms with Crippen molar-refractivity contribution in [3.8, 4) is 0 Å². The number of ketones is 1. The minimum absolute atomic E-state index is 0.0925. The van der Waals surface area contributed by atoms with E-state index in [-0.39, 0.29) is 11.7 Å². The number of carbonyl (C=O) groups excluding carboxylic acids is 2. The van der Waals surface area contributed by atoms with E-state index in [0.717, 1.165) is 13.1 Å². The molecule has 0 saturated carbocycles. The predicted molar refractivity (Wildman–Crippen MR) is 60.3 cm³/mol. The lowest BCUT2D eigenvalue weighted by Crippen LogP contribution is -2.46. The van der Waals surface area contributed by atoms with Crippen molar-refractivity contribution in [1.82, 2.24) is 5.32 Å². The van der Waals surface area contributed by atoms with Gasteiger partial charge in [-0.25, -0.2) is 4.79 Å². The Kier molecular flexibility index (Phi) is 2.87. The molecule has 1 fully saturated rings. The number of hydrogen-bond donors (Lipinski definition) is 3. The van der Waals surface area contributed by atoms with Crippen LogP contribution in [0, 0.1) is 5.92 Å². The third-order valence-corrected chi connectivity index (χ3v) is 2.59. The van der Waals surface area contributed by atoms with E-state index in [4.69, 9.17) is 5.73 Å². The maximum atomic E-state index is 11.8. The molecule has 16 heavy (non-hydrogen) atoms. The van der Waals surface area contributed by atoms with E-state index in [1.807, 2.05) is 0 Å². The summed E-state index contributed by atoms with van der Waals surface area (Å²) in [5.74, 6) is 0.235. The van der Waals surface area contributed by atoms with E-state index in [1.165, 1.54) is 0 Å². The van der Waals surface area contributed by atoms with Crippen molar-refractivity contribution < 1.29 is 9.59 Å². The highest BCUT2D eigenvalue weighted by atomic mass is 16.2. The highest BCUT2D eigenvalue weighted by Crippen LogP contribution is 2.15. The molecule has 1 aromatic carbocycles. The first-order valence-corrected chi connectivity index (χ1v) is 5.08. The predicted octanol–water partition coefficient (Wildman–Crippen LogP) is 0.579. The Bertz CT molecular complexity index is 410. The molecule has 2 rings (SSSR count). The van der Waals surface area contributed by atoms with Gasteiger partial charge in [0.1, 0.15) is 0 Å². The van der Waals surface area contributed by atoms with Crippen molar-refractivity contribution in [3.05, 3.63) is 29.8 Å². The van der Waals surface area contributed by atoms with E-state index in [9.17, 15) is 9.59 Å². The molecule has 2 amide bonds. The lowest BCUT2D eigenvalue weighted by atomic mass is 9.93. The maximum absolute atomic E-state index is 11.8. The maximum Gasteiger partial charge on any atom is 0.316 e. The van der Waals surface area contributed by atoms with Crippen molar-refractivity contribution in [2.24, 2.45) is 11.7 Å². The van der Waals surface area contributed by atoms with Gasteiger partial charge in [0.25, 0.3) is 0 Å². The molecule has 1 aliphatic heterocycles. The molecule has 1 aliphatic rings. The van der Waals surface area contributed by atoms with Crippen LogP contribution in [0.1, 0.15) is 10.4 Å². The highest BCUT2D eigenvalue weighted by molar-refractivity contribution is 5.99. The van der Waals surface area contributed by atoms with E-state index in [2.05, 4.69) is 10.6 Å². The first-order chi connectivity index (χ1) is 7.66. The van der Waals surface area contributed by atoms with Gasteiger partial charge in [-0.3, -0.25) is 4.79 Å². The van der Waals surface area contributed by atoms with Crippen molar-refractivity contribution in [2.45, 2.75) is 0 Å². The van der Waals surface area contributed by atoms with Crippen LogP contribution in [-0.4, -0.2) is 24.9 Å². The highest BCUT2D eigenvalue weighted by Gasteiger charge is 2.25. The second-order valence-corrected chi connectivity index (χ2v) is 3.79. The van der Waals surface area contributed by atoms with Crippen molar-refractivity contribution in [3.63, 3.8) is 0 Å². The summed E-state index contributed by atoms with van der Waals surface area (Å²) in [6, 6.07) is 6.13. The number of urea groups is 1. The summed E-state index contributed by atoms with van der Waals surface area (Å²) < 4.78 is 0. The van der Waals surface area contributed by atoms with Gasteiger partial charge in [0, 0.05) is 30.3 Å². The van der Waals surface area contributed by atoms with Crippen LogP contribution in [0.25, 0.3) is 0 Å². The standard InChI is InChI=1S/C11H13N3O2/c12-11(16)14-9-3-1-7(2-4-9)10(15)8-5-13-6-8/h1-4,8,13H,5-6H2,(H3,12,14,16). The number of nitrogens with two attached hydrogens (primary N) is 1. The van der Waals surface area contributed by atoms with Crippen LogP contribution >= 0.6 is 0 Å². The molecule has 1 heterocycles. The summed E-state index contributed by atoms with van der Waals surface area (Å²) in [6.45, 7) is 1.50. The molecule has 0 radical (unpaired) electrons. The zero-order chi connectivity index (χ0) is 11.5. The molecule has 0 unspecified atom stereocenters. The van der Waals surface area contributed by atoms with Crippen molar-refractivity contribution in [2.75, 3.05) is 18.4 Å². The van der Waals surface area contributed by atoms with Crippen molar-refractivity contribution >= 4 is 17.5 Å². The monoisotopic (exact) mass is 219 g/mol. The molecule has 0 atom stereocenters. The van der Waals surface area contributed by atoms with Gasteiger partial charge in [-0.1, -0.05) is 0 Å². The third kappa shape index (κ3) is 2.20. The van der Waals surface area contributed by atoms with Crippen LogP contribution in [0.4, 0.5) is 10.5 Å². The van der Waals surface area contributed by atoms with Crippen LogP contribution in [0.3, 0.4) is 0 Å². The second kappa shape index (κ2) is 4.32. The Morgan fingerprint density at radius 2 is 1.88 bits per heavy atom. The van der Waals surface area contributed by atoms with Gasteiger partial charge in [-0.15, -0.1) is 0 Å². The van der Waals surface area contributed by atoms with Crippen LogP contribution in [0.2, 0.25) is 0 Å². The number of Topliss-reactive ketones (excluding diaryl/α,β-unsaturated/α-hetero) is 1. The number of hydrogen-bond acceptors (Lipinski definition) is 3. The summed E-state index contributed by atoms with van der Waals surface area (Å²) in [7, 11) is 0. The molecule has 84 valence electrons. The zero-order valence-corrected chi connectivity index (χ0v) is 8.69. The van der Waals surface area contributed by atoms with Crippen LogP contribution in [-0.2, 0) is 0 Å². The largest absolute Gasteiger partial charge is 0.351 e. The smallest absolute Gasteiger partial charge is 0.316 e. The molecular weight excluding hydrogens is 206 g/mol. The van der Waals surface area contributed by atoms with Crippen molar-refractivity contribution in [1.29, 1.82) is 0 Å². The summed E-state index contributed by atoms with van der Waals surface area (Å²) in [4.78, 5) is 22.4. The quantitative estimate of drug-likeness (QED) is 0.650. The number of carbonyl (C=O) groups is 2. The Morgan fingerprint density at radius 1 is 1.25 bits per heavy atom. The molecule has 0 aromatic heterocycles. The minimum Gasteiger partial charge on any atom is -0.351 e. The normalized spacial score (nSPS) is 15.2. The molecule has 5 heteroatoms. The molecule has 4 N–H and O–H groups in total. The van der Waals surface area contributed by atoms with Crippen LogP contribution < -0.4 is 16.4 Å². The Morgan fingerprint density at radius 3 is 2.31 bits per heavy atom. The summed E-state index contributed by atoms with van der Waals surface area (Å²) >= 11 is 0. The Labute approximate surface area is 93.0 Å². The van der Waals surface area contributed by atoms with Gasteiger partial charge in [-0.05, 0) is 24.3 Å². The fourth-order valence-electron chi connectivity index (χ4n) is 1.57. The number of benzene rings is 1. The molecule has 1 saturated heterocycles. The van der Waals surface area contributed by atoms with Gasteiger partial charge >= 0.3 is 6.03 Å². The number of amides is 2. The molecule has 1 aromatic rings. The Balaban J connectivity index is 2.06. The van der Waals surface area contributed by atoms with Gasteiger partial charge in [0.15, 0.2) is 5.78 Å². The van der Waals surface area contributed by atoms with Crippen LogP contribution in [0.15, 0.2) is 24.3 Å². The second-order valence-electron chi connectivity index (χ2n) is 3.79. The van der Waals surface area contributed by atoms with Gasteiger partial charge in [0.2, 0.25) is 0 Å². The SMILES string of the molecule is NC(=O)Nc1ccc(C(=O)C2CNC2)cc1. The number of anilines is 1. The Hall–Kier alpha value is -1.88. The molecule has 0 aliphatic carbocycles. The molecule has 5 nitrogen and oxygen atoms in total. The zero-order valence-electron chi connectivity index (χ0n) is 8.69. The topological polar surface area (TPSA) is 84.2 Å². The van der Waals surface area contributed by atoms with E-state index >= 15 is 0 Å². The fraction of sp³-hybridized carbons (Fsp3) is 0.273. The average molecular weight is 219 g/mol. The van der Waals surface area contributed by atoms with Gasteiger partial charge in [-0.2, -0.15) is 0 Å². The lowest BCUT2D eigenvalue weighted by molar-refractivity contribution is 0.0878. The number of primary amides is 1. The lowest BCUT2D eigenvalue weighted by Gasteiger charge is -2.25. The van der Waals surface area contributed by atoms with E-state index in [1.54, 1.807) is 24.3 Å². The first-order valence-electron chi connectivity index (χ1n) is 5.08. The summed E-state index contributed by atoms with van der Waals surface area (Å²) in [5, 5.41) is 5.50.